The number of hydrogen-bond donors (Lipinski definition) is 4. The van der Waals surface area contributed by atoms with E-state index in [1.165, 1.54) is 0 Å². The van der Waals surface area contributed by atoms with Crippen LogP contribution in [0.15, 0.2) is 48.5 Å². The van der Waals surface area contributed by atoms with Crippen LogP contribution in [0.1, 0.15) is 85.3 Å². The van der Waals surface area contributed by atoms with Crippen molar-refractivity contribution >= 4 is 29.8 Å². The third-order valence-electron chi connectivity index (χ3n) is 7.21. The number of benzene rings is 2. The Morgan fingerprint density at radius 2 is 1.31 bits per heavy atom. The topological polar surface area (TPSA) is 161 Å². The lowest BCUT2D eigenvalue weighted by Gasteiger charge is -2.30. The first-order chi connectivity index (χ1) is 22.3. The number of carbonyl (C=O) groups is 5. The maximum Gasteiger partial charge on any atom is 0.407 e. The van der Waals surface area contributed by atoms with Crippen molar-refractivity contribution in [3.63, 3.8) is 0 Å². The lowest BCUT2D eigenvalue weighted by atomic mass is 9.98. The Labute approximate surface area is 283 Å². The number of ether oxygens (including phenoxy) is 3. The van der Waals surface area contributed by atoms with Crippen molar-refractivity contribution in [2.24, 2.45) is 0 Å². The molecule has 262 valence electrons. The lowest BCUT2D eigenvalue weighted by Crippen LogP contribution is -2.54. The summed E-state index contributed by atoms with van der Waals surface area (Å²) in [4.78, 5) is 63.5. The molecule has 4 N–H and O–H groups in total. The molecule has 0 saturated heterocycles. The highest BCUT2D eigenvalue weighted by molar-refractivity contribution is 5.92. The molecule has 1 unspecified atom stereocenters. The van der Waals surface area contributed by atoms with Gasteiger partial charge in [-0.15, -0.1) is 0 Å². The van der Waals surface area contributed by atoms with Gasteiger partial charge in [-0.05, 0) is 84.1 Å². The van der Waals surface area contributed by atoms with Gasteiger partial charge in [0, 0.05) is 12.3 Å². The van der Waals surface area contributed by atoms with Crippen molar-refractivity contribution in [3.8, 4) is 11.1 Å². The Kier molecular flexibility index (Phi) is 12.7. The predicted molar refractivity (Wildman–Crippen MR) is 181 cm³/mol. The third-order valence-corrected chi connectivity index (χ3v) is 7.21. The Bertz CT molecular complexity index is 1430. The SMILES string of the molecule is CC(C)(COC(C)(C)C)NC(=O)CNC(=O)C(CCC(=O)OC(C)(C)C)NC(=O)CNC(=O)OCC1c2ccccc2-c2ccccc21. The number of carbonyl (C=O) groups excluding carboxylic acids is 5. The Balaban J connectivity index is 1.54. The van der Waals surface area contributed by atoms with Crippen LogP contribution < -0.4 is 21.3 Å². The number of amides is 4. The molecule has 2 aromatic rings. The molecule has 48 heavy (non-hydrogen) atoms. The summed E-state index contributed by atoms with van der Waals surface area (Å²) in [5.74, 6) is -2.51. The minimum absolute atomic E-state index is 0.0730. The number of fused-ring (bicyclic) bond motifs is 3. The van der Waals surface area contributed by atoms with Gasteiger partial charge in [0.05, 0.1) is 24.3 Å². The second-order valence-corrected chi connectivity index (χ2v) is 14.5. The summed E-state index contributed by atoms with van der Waals surface area (Å²) in [7, 11) is 0. The van der Waals surface area contributed by atoms with E-state index in [1.54, 1.807) is 34.6 Å². The van der Waals surface area contributed by atoms with E-state index in [0.29, 0.717) is 0 Å². The quantitative estimate of drug-likeness (QED) is 0.221. The molecule has 0 bridgehead atoms. The fraction of sp³-hybridized carbons (Fsp3) is 0.528. The summed E-state index contributed by atoms with van der Waals surface area (Å²) >= 11 is 0. The maximum atomic E-state index is 13.1. The molecule has 2 aromatic carbocycles. The van der Waals surface area contributed by atoms with Crippen molar-refractivity contribution in [2.75, 3.05) is 26.3 Å². The monoisotopic (exact) mass is 666 g/mol. The second-order valence-electron chi connectivity index (χ2n) is 14.5. The second kappa shape index (κ2) is 16.1. The molecule has 12 heteroatoms. The fourth-order valence-electron chi connectivity index (χ4n) is 5.12. The van der Waals surface area contributed by atoms with Crippen LogP contribution in [0.5, 0.6) is 0 Å². The van der Waals surface area contributed by atoms with E-state index in [2.05, 4.69) is 21.3 Å². The molecular formula is C36H50N4O8. The highest BCUT2D eigenvalue weighted by Gasteiger charge is 2.30. The average molecular weight is 667 g/mol. The molecule has 0 spiro atoms. The molecule has 0 radical (unpaired) electrons. The first-order valence-electron chi connectivity index (χ1n) is 16.2. The zero-order valence-corrected chi connectivity index (χ0v) is 29.3. The summed E-state index contributed by atoms with van der Waals surface area (Å²) < 4.78 is 16.6. The van der Waals surface area contributed by atoms with E-state index in [1.807, 2.05) is 69.3 Å². The van der Waals surface area contributed by atoms with Crippen molar-refractivity contribution in [1.29, 1.82) is 0 Å². The van der Waals surface area contributed by atoms with Crippen molar-refractivity contribution in [3.05, 3.63) is 59.7 Å². The standard InChI is InChI=1S/C36H50N4O8/c1-34(2,3)47-22-36(7,8)40-30(42)20-37-32(44)28(17-18-31(43)48-35(4,5)6)39-29(41)19-38-33(45)46-21-27-25-15-11-9-13-23(25)24-14-10-12-16-26(24)27/h9-16,27-28H,17-22H2,1-8H3,(H,37,44)(H,38,45)(H,39,41)(H,40,42). The molecule has 12 nitrogen and oxygen atoms in total. The van der Waals surface area contributed by atoms with Gasteiger partial charge < -0.3 is 35.5 Å². The van der Waals surface area contributed by atoms with E-state index < -0.39 is 59.1 Å². The number of hydrogen-bond acceptors (Lipinski definition) is 8. The van der Waals surface area contributed by atoms with Gasteiger partial charge in [0.1, 0.15) is 24.8 Å². The van der Waals surface area contributed by atoms with Crippen LogP contribution in [0.2, 0.25) is 0 Å². The highest BCUT2D eigenvalue weighted by atomic mass is 16.6. The Hall–Kier alpha value is -4.45. The molecule has 0 fully saturated rings. The smallest absolute Gasteiger partial charge is 0.407 e. The van der Waals surface area contributed by atoms with Gasteiger partial charge in [-0.25, -0.2) is 4.79 Å². The van der Waals surface area contributed by atoms with E-state index in [0.717, 1.165) is 22.3 Å². The summed E-state index contributed by atoms with van der Waals surface area (Å²) in [5.41, 5.74) is 2.46. The van der Waals surface area contributed by atoms with Crippen LogP contribution in [0.25, 0.3) is 11.1 Å². The van der Waals surface area contributed by atoms with Gasteiger partial charge in [0.2, 0.25) is 17.7 Å². The van der Waals surface area contributed by atoms with Crippen LogP contribution >= 0.6 is 0 Å². The van der Waals surface area contributed by atoms with Crippen molar-refractivity contribution in [2.45, 2.75) is 96.9 Å². The van der Waals surface area contributed by atoms with Gasteiger partial charge in [-0.1, -0.05) is 48.5 Å². The van der Waals surface area contributed by atoms with E-state index in [9.17, 15) is 24.0 Å². The first kappa shape index (κ1) is 38.0. The first-order valence-corrected chi connectivity index (χ1v) is 16.2. The minimum atomic E-state index is -1.18. The van der Waals surface area contributed by atoms with E-state index >= 15 is 0 Å². The Morgan fingerprint density at radius 3 is 1.88 bits per heavy atom. The summed E-state index contributed by atoms with van der Waals surface area (Å²) in [6.07, 6.45) is -1.06. The number of esters is 1. The largest absolute Gasteiger partial charge is 0.460 e. The normalized spacial score (nSPS) is 13.4. The molecule has 0 aromatic heterocycles. The van der Waals surface area contributed by atoms with Gasteiger partial charge in [0.25, 0.3) is 0 Å². The van der Waals surface area contributed by atoms with Gasteiger partial charge in [-0.3, -0.25) is 19.2 Å². The maximum absolute atomic E-state index is 13.1. The van der Waals surface area contributed by atoms with E-state index in [4.69, 9.17) is 14.2 Å². The number of rotatable bonds is 14. The fourth-order valence-corrected chi connectivity index (χ4v) is 5.12. The Morgan fingerprint density at radius 1 is 0.750 bits per heavy atom. The van der Waals surface area contributed by atoms with Crippen LogP contribution in [0.3, 0.4) is 0 Å². The molecule has 1 aliphatic carbocycles. The number of alkyl carbamates (subject to hydrolysis) is 1. The molecule has 4 amide bonds. The van der Waals surface area contributed by atoms with Gasteiger partial charge >= 0.3 is 12.1 Å². The zero-order valence-electron chi connectivity index (χ0n) is 29.3. The molecule has 0 heterocycles. The molecule has 1 atom stereocenters. The van der Waals surface area contributed by atoms with Crippen LogP contribution in [0.4, 0.5) is 4.79 Å². The zero-order chi connectivity index (χ0) is 35.7. The molecule has 3 rings (SSSR count). The van der Waals surface area contributed by atoms with Crippen LogP contribution in [0, 0.1) is 0 Å². The molecule has 0 saturated carbocycles. The van der Waals surface area contributed by atoms with Crippen molar-refractivity contribution in [1.82, 2.24) is 21.3 Å². The number of nitrogens with one attached hydrogen (secondary N) is 4. The predicted octanol–water partition coefficient (Wildman–Crippen LogP) is 3.96. The lowest BCUT2D eigenvalue weighted by molar-refractivity contribution is -0.155. The molecule has 0 aliphatic heterocycles. The van der Waals surface area contributed by atoms with E-state index in [-0.39, 0.29) is 38.5 Å². The average Bonchev–Trinajstić information content (AvgIpc) is 3.31. The minimum Gasteiger partial charge on any atom is -0.460 e. The van der Waals surface area contributed by atoms with Crippen LogP contribution in [-0.2, 0) is 33.4 Å². The van der Waals surface area contributed by atoms with Crippen LogP contribution in [-0.4, -0.2) is 78.9 Å². The van der Waals surface area contributed by atoms with Gasteiger partial charge in [0.15, 0.2) is 0 Å². The van der Waals surface area contributed by atoms with Crippen molar-refractivity contribution < 1.29 is 38.2 Å². The summed E-state index contributed by atoms with van der Waals surface area (Å²) in [6.45, 7) is 14.0. The van der Waals surface area contributed by atoms with Gasteiger partial charge in [-0.2, -0.15) is 0 Å². The molecule has 1 aliphatic rings. The molecular weight excluding hydrogens is 616 g/mol. The third kappa shape index (κ3) is 12.3. The summed E-state index contributed by atoms with van der Waals surface area (Å²) in [5, 5.41) is 10.3. The summed E-state index contributed by atoms with van der Waals surface area (Å²) in [6, 6.07) is 14.7. The highest BCUT2D eigenvalue weighted by Crippen LogP contribution is 2.44.